The number of amides is 1. The van der Waals surface area contributed by atoms with Gasteiger partial charge in [-0.25, -0.2) is 4.39 Å². The highest BCUT2D eigenvalue weighted by atomic mass is 79.9. The van der Waals surface area contributed by atoms with Crippen molar-refractivity contribution in [1.82, 2.24) is 0 Å². The number of nitrogens with one attached hydrogen (secondary N) is 1. The Morgan fingerprint density at radius 3 is 2.53 bits per heavy atom. The first-order valence-corrected chi connectivity index (χ1v) is 6.27. The van der Waals surface area contributed by atoms with Gasteiger partial charge in [0.2, 0.25) is 5.91 Å². The van der Waals surface area contributed by atoms with Gasteiger partial charge in [-0.3, -0.25) is 4.79 Å². The number of nitrogens with two attached hydrogens (primary N) is 1. The number of benzene rings is 1. The van der Waals surface area contributed by atoms with Gasteiger partial charge in [-0.15, -0.1) is 0 Å². The number of rotatable bonds is 4. The van der Waals surface area contributed by atoms with Gasteiger partial charge in [-0.2, -0.15) is 0 Å². The van der Waals surface area contributed by atoms with Gasteiger partial charge in [0, 0.05) is 5.69 Å². The molecule has 1 aromatic rings. The van der Waals surface area contributed by atoms with Crippen molar-refractivity contribution in [2.24, 2.45) is 5.73 Å². The third-order valence-corrected chi connectivity index (χ3v) is 3.53. The van der Waals surface area contributed by atoms with Crippen LogP contribution in [-0.4, -0.2) is 11.4 Å². The van der Waals surface area contributed by atoms with Gasteiger partial charge in [0.25, 0.3) is 0 Å². The summed E-state index contributed by atoms with van der Waals surface area (Å²) in [4.78, 5) is 11.9. The third-order valence-electron chi connectivity index (χ3n) is 2.89. The maximum atomic E-state index is 13.3. The van der Waals surface area contributed by atoms with E-state index in [0.717, 1.165) is 0 Å². The molecule has 0 aromatic heterocycles. The highest BCUT2D eigenvalue weighted by molar-refractivity contribution is 9.10. The zero-order valence-corrected chi connectivity index (χ0v) is 11.5. The highest BCUT2D eigenvalue weighted by Crippen LogP contribution is 2.21. The minimum absolute atomic E-state index is 0.288. The topological polar surface area (TPSA) is 55.1 Å². The SMILES string of the molecule is CCC(N)(CC)C(=O)Nc1ccc(Br)c(F)c1. The van der Waals surface area contributed by atoms with Crippen LogP contribution >= 0.6 is 15.9 Å². The quantitative estimate of drug-likeness (QED) is 0.898. The zero-order chi connectivity index (χ0) is 13.1. The van der Waals surface area contributed by atoms with Crippen molar-refractivity contribution in [3.8, 4) is 0 Å². The molecule has 0 saturated carbocycles. The molecule has 0 heterocycles. The van der Waals surface area contributed by atoms with Gasteiger partial charge in [0.05, 0.1) is 10.0 Å². The number of carbonyl (C=O) groups is 1. The minimum atomic E-state index is -0.899. The van der Waals surface area contributed by atoms with Crippen LogP contribution in [0.25, 0.3) is 0 Å². The van der Waals surface area contributed by atoms with Crippen LogP contribution in [0.2, 0.25) is 0 Å². The maximum absolute atomic E-state index is 13.3. The van der Waals surface area contributed by atoms with Gasteiger partial charge >= 0.3 is 0 Å². The van der Waals surface area contributed by atoms with Crippen molar-refractivity contribution in [3.63, 3.8) is 0 Å². The largest absolute Gasteiger partial charge is 0.324 e. The summed E-state index contributed by atoms with van der Waals surface area (Å²) in [6.45, 7) is 3.70. The van der Waals surface area contributed by atoms with Crippen molar-refractivity contribution < 1.29 is 9.18 Å². The van der Waals surface area contributed by atoms with E-state index in [1.807, 2.05) is 13.8 Å². The standard InChI is InChI=1S/C12H16BrFN2O/c1-3-12(15,4-2)11(17)16-8-5-6-9(13)10(14)7-8/h5-7H,3-4,15H2,1-2H3,(H,16,17). The maximum Gasteiger partial charge on any atom is 0.244 e. The highest BCUT2D eigenvalue weighted by Gasteiger charge is 2.29. The summed E-state index contributed by atoms with van der Waals surface area (Å²) in [5.41, 5.74) is 5.45. The van der Waals surface area contributed by atoms with E-state index in [0.29, 0.717) is 23.0 Å². The second kappa shape index (κ2) is 5.60. The lowest BCUT2D eigenvalue weighted by Gasteiger charge is -2.25. The second-order valence-corrected chi connectivity index (χ2v) is 4.80. The lowest BCUT2D eigenvalue weighted by Crippen LogP contribution is -2.50. The number of halogens is 2. The van der Waals surface area contributed by atoms with Crippen LogP contribution in [0.5, 0.6) is 0 Å². The predicted molar refractivity (Wildman–Crippen MR) is 70.2 cm³/mol. The van der Waals surface area contributed by atoms with Crippen molar-refractivity contribution in [3.05, 3.63) is 28.5 Å². The Labute approximate surface area is 109 Å². The molecule has 1 aromatic carbocycles. The summed E-state index contributed by atoms with van der Waals surface area (Å²) in [7, 11) is 0. The molecule has 0 aliphatic carbocycles. The Morgan fingerprint density at radius 1 is 1.47 bits per heavy atom. The van der Waals surface area contributed by atoms with E-state index in [1.165, 1.54) is 6.07 Å². The van der Waals surface area contributed by atoms with E-state index in [2.05, 4.69) is 21.2 Å². The Kier molecular flexibility index (Phi) is 4.65. The molecule has 3 N–H and O–H groups in total. The molecule has 17 heavy (non-hydrogen) atoms. The van der Waals surface area contributed by atoms with Crippen molar-refractivity contribution in [1.29, 1.82) is 0 Å². The van der Waals surface area contributed by atoms with Crippen molar-refractivity contribution >= 4 is 27.5 Å². The summed E-state index contributed by atoms with van der Waals surface area (Å²) in [5, 5.41) is 2.63. The molecule has 0 atom stereocenters. The molecule has 0 aliphatic heterocycles. The molecule has 0 saturated heterocycles. The van der Waals surface area contributed by atoms with E-state index < -0.39 is 11.4 Å². The van der Waals surface area contributed by atoms with E-state index in [4.69, 9.17) is 5.73 Å². The average Bonchev–Trinajstić information content (AvgIpc) is 2.32. The Bertz CT molecular complexity index is 419. The molecule has 0 aliphatic rings. The van der Waals surface area contributed by atoms with Crippen LogP contribution in [0.4, 0.5) is 10.1 Å². The molecule has 1 amide bonds. The Hall–Kier alpha value is -0.940. The average molecular weight is 303 g/mol. The summed E-state index contributed by atoms with van der Waals surface area (Å²) < 4.78 is 13.6. The number of anilines is 1. The normalized spacial score (nSPS) is 11.4. The summed E-state index contributed by atoms with van der Waals surface area (Å²) in [6, 6.07) is 4.42. The molecule has 3 nitrogen and oxygen atoms in total. The molecule has 0 bridgehead atoms. The lowest BCUT2D eigenvalue weighted by atomic mass is 9.93. The van der Waals surface area contributed by atoms with Crippen LogP contribution in [0.3, 0.4) is 0 Å². The molecule has 0 unspecified atom stereocenters. The zero-order valence-electron chi connectivity index (χ0n) is 9.89. The lowest BCUT2D eigenvalue weighted by molar-refractivity contribution is -0.121. The van der Waals surface area contributed by atoms with Gasteiger partial charge in [0.1, 0.15) is 5.82 Å². The minimum Gasteiger partial charge on any atom is -0.324 e. The van der Waals surface area contributed by atoms with Crippen LogP contribution in [-0.2, 0) is 4.79 Å². The first kappa shape index (κ1) is 14.1. The molecule has 0 spiro atoms. The van der Waals surface area contributed by atoms with Crippen LogP contribution in [0.15, 0.2) is 22.7 Å². The fourth-order valence-corrected chi connectivity index (χ4v) is 1.65. The molecule has 94 valence electrons. The van der Waals surface area contributed by atoms with Crippen LogP contribution < -0.4 is 11.1 Å². The second-order valence-electron chi connectivity index (χ2n) is 3.95. The molecule has 0 fully saturated rings. The van der Waals surface area contributed by atoms with Gasteiger partial charge in [-0.1, -0.05) is 13.8 Å². The smallest absolute Gasteiger partial charge is 0.244 e. The van der Waals surface area contributed by atoms with Crippen molar-refractivity contribution in [2.45, 2.75) is 32.2 Å². The van der Waals surface area contributed by atoms with Crippen molar-refractivity contribution in [2.75, 3.05) is 5.32 Å². The fourth-order valence-electron chi connectivity index (χ4n) is 1.40. The predicted octanol–water partition coefficient (Wildman–Crippen LogP) is 3.04. The molecule has 5 heteroatoms. The van der Waals surface area contributed by atoms with E-state index in [-0.39, 0.29) is 5.91 Å². The Morgan fingerprint density at radius 2 is 2.06 bits per heavy atom. The molecule has 1 rings (SSSR count). The first-order valence-electron chi connectivity index (χ1n) is 5.48. The summed E-state index contributed by atoms with van der Waals surface area (Å²) in [5.74, 6) is -0.706. The number of carbonyl (C=O) groups excluding carboxylic acids is 1. The van der Waals surface area contributed by atoms with Gasteiger partial charge < -0.3 is 11.1 Å². The molecule has 0 radical (unpaired) electrons. The fraction of sp³-hybridized carbons (Fsp3) is 0.417. The van der Waals surface area contributed by atoms with E-state index in [1.54, 1.807) is 12.1 Å². The van der Waals surface area contributed by atoms with Gasteiger partial charge in [0.15, 0.2) is 0 Å². The van der Waals surface area contributed by atoms with Gasteiger partial charge in [-0.05, 0) is 47.0 Å². The van der Waals surface area contributed by atoms with E-state index in [9.17, 15) is 9.18 Å². The third kappa shape index (κ3) is 3.26. The summed E-state index contributed by atoms with van der Waals surface area (Å²) in [6.07, 6.45) is 1.07. The number of hydrogen-bond acceptors (Lipinski definition) is 2. The Balaban J connectivity index is 2.84. The van der Waals surface area contributed by atoms with E-state index >= 15 is 0 Å². The molecular formula is C12H16BrFN2O. The number of hydrogen-bond donors (Lipinski definition) is 2. The first-order chi connectivity index (χ1) is 7.92. The molecular weight excluding hydrogens is 287 g/mol. The van der Waals surface area contributed by atoms with Crippen LogP contribution in [0.1, 0.15) is 26.7 Å². The summed E-state index contributed by atoms with van der Waals surface area (Å²) >= 11 is 3.05. The van der Waals surface area contributed by atoms with Crippen LogP contribution in [0, 0.1) is 5.82 Å². The monoisotopic (exact) mass is 302 g/mol.